The number of halogens is 2. The van der Waals surface area contributed by atoms with E-state index >= 15 is 0 Å². The van der Waals surface area contributed by atoms with Gasteiger partial charge in [-0.1, -0.05) is 23.2 Å². The molecule has 0 saturated carbocycles. The van der Waals surface area contributed by atoms with Gasteiger partial charge in [-0.3, -0.25) is 9.59 Å². The van der Waals surface area contributed by atoms with Crippen molar-refractivity contribution in [3.8, 4) is 0 Å². The largest absolute Gasteiger partial charge is 0.378 e. The second-order valence-electron chi connectivity index (χ2n) is 3.07. The van der Waals surface area contributed by atoms with Crippen molar-refractivity contribution in [2.45, 2.75) is 6.42 Å². The minimum Gasteiger partial charge on any atom is -0.378 e. The van der Waals surface area contributed by atoms with Gasteiger partial charge in [-0.05, 0) is 0 Å². The highest BCUT2D eigenvalue weighted by atomic mass is 35.5. The molecular weight excluding hydrogens is 241 g/mol. The van der Waals surface area contributed by atoms with Crippen LogP contribution in [0.3, 0.4) is 0 Å². The molecule has 1 saturated heterocycles. The quantitative estimate of drug-likeness (QED) is 0.558. The molecule has 1 rings (SSSR count). The minimum absolute atomic E-state index is 0.130. The second kappa shape index (κ2) is 6.10. The number of hydrogen-bond acceptors (Lipinski definition) is 3. The van der Waals surface area contributed by atoms with Gasteiger partial charge in [-0.2, -0.15) is 0 Å². The monoisotopic (exact) mass is 251 g/mol. The Hall–Kier alpha value is -0.580. The lowest BCUT2D eigenvalue weighted by Crippen LogP contribution is -2.41. The Labute approximate surface area is 97.8 Å². The average molecular weight is 252 g/mol. The first-order chi connectivity index (χ1) is 7.09. The third-order valence-electron chi connectivity index (χ3n) is 1.96. The van der Waals surface area contributed by atoms with Crippen LogP contribution in [0.4, 0.5) is 0 Å². The molecule has 0 N–H and O–H groups in total. The van der Waals surface area contributed by atoms with Gasteiger partial charge >= 0.3 is 0 Å². The van der Waals surface area contributed by atoms with Gasteiger partial charge in [0, 0.05) is 19.2 Å². The summed E-state index contributed by atoms with van der Waals surface area (Å²) in [5.74, 6) is -0.597. The molecule has 15 heavy (non-hydrogen) atoms. The summed E-state index contributed by atoms with van der Waals surface area (Å²) in [5, 5.41) is 0. The zero-order valence-electron chi connectivity index (χ0n) is 8.04. The Morgan fingerprint density at radius 3 is 2.40 bits per heavy atom. The van der Waals surface area contributed by atoms with E-state index in [2.05, 4.69) is 0 Å². The summed E-state index contributed by atoms with van der Waals surface area (Å²) < 4.78 is 4.96. The molecule has 6 heteroatoms. The molecule has 0 aromatic heterocycles. The lowest BCUT2D eigenvalue weighted by molar-refractivity contribution is -0.137. The summed E-state index contributed by atoms with van der Waals surface area (Å²) in [6.45, 7) is 2.10. The van der Waals surface area contributed by atoms with E-state index in [1.807, 2.05) is 0 Å². The number of morpholine rings is 1. The topological polar surface area (TPSA) is 46.6 Å². The third-order valence-corrected chi connectivity index (χ3v) is 2.18. The van der Waals surface area contributed by atoms with Gasteiger partial charge in [0.25, 0.3) is 0 Å². The van der Waals surface area contributed by atoms with Crippen LogP contribution >= 0.6 is 23.2 Å². The van der Waals surface area contributed by atoms with E-state index in [0.29, 0.717) is 26.3 Å². The van der Waals surface area contributed by atoms with Crippen LogP contribution in [0.15, 0.2) is 10.6 Å². The van der Waals surface area contributed by atoms with Crippen molar-refractivity contribution < 1.29 is 14.3 Å². The Morgan fingerprint density at radius 1 is 1.27 bits per heavy atom. The van der Waals surface area contributed by atoms with Crippen molar-refractivity contribution in [3.05, 3.63) is 10.6 Å². The molecule has 0 aliphatic carbocycles. The van der Waals surface area contributed by atoms with Gasteiger partial charge in [-0.25, -0.2) is 0 Å². The van der Waals surface area contributed by atoms with Crippen molar-refractivity contribution in [2.75, 3.05) is 26.3 Å². The lowest BCUT2D eigenvalue weighted by atomic mass is 10.2. The second-order valence-corrected chi connectivity index (χ2v) is 4.08. The summed E-state index contributed by atoms with van der Waals surface area (Å²) in [4.78, 5) is 24.3. The third kappa shape index (κ3) is 4.64. The van der Waals surface area contributed by atoms with Crippen LogP contribution in [-0.2, 0) is 14.3 Å². The molecule has 1 aliphatic heterocycles. The fourth-order valence-corrected chi connectivity index (χ4v) is 1.49. The SMILES string of the molecule is O=C(C=C(Cl)Cl)CC(=O)N1CCOCC1. The summed E-state index contributed by atoms with van der Waals surface area (Å²) in [5.41, 5.74) is 0. The number of hydrogen-bond donors (Lipinski definition) is 0. The molecule has 0 aromatic rings. The van der Waals surface area contributed by atoms with Crippen LogP contribution in [0.5, 0.6) is 0 Å². The predicted molar refractivity (Wildman–Crippen MR) is 56.8 cm³/mol. The smallest absolute Gasteiger partial charge is 0.230 e. The average Bonchev–Trinajstić information content (AvgIpc) is 2.17. The highest BCUT2D eigenvalue weighted by Crippen LogP contribution is 2.08. The first-order valence-corrected chi connectivity index (χ1v) is 5.26. The Kier molecular flexibility index (Phi) is 5.08. The number of ether oxygens (including phenoxy) is 1. The van der Waals surface area contributed by atoms with E-state index in [0.717, 1.165) is 6.08 Å². The van der Waals surface area contributed by atoms with Crippen LogP contribution in [0.2, 0.25) is 0 Å². The molecule has 1 fully saturated rings. The van der Waals surface area contributed by atoms with E-state index in [9.17, 15) is 9.59 Å². The van der Waals surface area contributed by atoms with Crippen molar-refractivity contribution >= 4 is 34.9 Å². The van der Waals surface area contributed by atoms with E-state index in [1.54, 1.807) is 4.90 Å². The number of amides is 1. The molecule has 1 aliphatic rings. The maximum atomic E-state index is 11.5. The van der Waals surface area contributed by atoms with Gasteiger partial charge in [0.1, 0.15) is 4.49 Å². The van der Waals surface area contributed by atoms with Crippen LogP contribution in [0.25, 0.3) is 0 Å². The molecule has 0 unspecified atom stereocenters. The molecule has 1 amide bonds. The van der Waals surface area contributed by atoms with Crippen molar-refractivity contribution in [2.24, 2.45) is 0 Å². The predicted octanol–water partition coefficient (Wildman–Crippen LogP) is 1.12. The standard InChI is InChI=1S/C9H11Cl2NO3/c10-8(11)5-7(13)6-9(14)12-1-3-15-4-2-12/h5H,1-4,6H2. The normalized spacial score (nSPS) is 16.0. The van der Waals surface area contributed by atoms with Crippen LogP contribution < -0.4 is 0 Å². The number of carbonyl (C=O) groups excluding carboxylic acids is 2. The number of nitrogens with zero attached hydrogens (tertiary/aromatic N) is 1. The molecule has 84 valence electrons. The van der Waals surface area contributed by atoms with E-state index in [4.69, 9.17) is 27.9 Å². The molecule has 1 heterocycles. The zero-order chi connectivity index (χ0) is 11.3. The van der Waals surface area contributed by atoms with Gasteiger partial charge in [0.05, 0.1) is 19.6 Å². The number of allylic oxidation sites excluding steroid dienone is 1. The Morgan fingerprint density at radius 2 is 1.87 bits per heavy atom. The first kappa shape index (κ1) is 12.5. The van der Waals surface area contributed by atoms with Gasteiger partial charge in [0.2, 0.25) is 5.91 Å². The number of carbonyl (C=O) groups is 2. The van der Waals surface area contributed by atoms with Crippen molar-refractivity contribution in [1.29, 1.82) is 0 Å². The molecular formula is C9H11Cl2NO3. The molecule has 0 aromatic carbocycles. The van der Waals surface area contributed by atoms with Crippen LogP contribution in [0, 0.1) is 0 Å². The Bertz CT molecular complexity index is 281. The number of rotatable bonds is 3. The summed E-state index contributed by atoms with van der Waals surface area (Å²) in [7, 11) is 0. The zero-order valence-corrected chi connectivity index (χ0v) is 9.55. The Balaban J connectivity index is 2.40. The van der Waals surface area contributed by atoms with Gasteiger partial charge in [-0.15, -0.1) is 0 Å². The summed E-state index contributed by atoms with van der Waals surface area (Å²) >= 11 is 10.6. The van der Waals surface area contributed by atoms with Crippen LogP contribution in [0.1, 0.15) is 6.42 Å². The maximum absolute atomic E-state index is 11.5. The van der Waals surface area contributed by atoms with Crippen molar-refractivity contribution in [1.82, 2.24) is 4.90 Å². The van der Waals surface area contributed by atoms with E-state index in [1.165, 1.54) is 0 Å². The molecule has 0 bridgehead atoms. The summed E-state index contributed by atoms with van der Waals surface area (Å²) in [6, 6.07) is 0. The minimum atomic E-state index is -0.383. The van der Waals surface area contributed by atoms with E-state index in [-0.39, 0.29) is 22.6 Å². The van der Waals surface area contributed by atoms with Crippen LogP contribution in [-0.4, -0.2) is 42.9 Å². The van der Waals surface area contributed by atoms with Gasteiger partial charge < -0.3 is 9.64 Å². The highest BCUT2D eigenvalue weighted by molar-refractivity contribution is 6.56. The molecule has 4 nitrogen and oxygen atoms in total. The molecule has 0 radical (unpaired) electrons. The molecule has 0 spiro atoms. The lowest BCUT2D eigenvalue weighted by Gasteiger charge is -2.26. The van der Waals surface area contributed by atoms with E-state index < -0.39 is 0 Å². The van der Waals surface area contributed by atoms with Gasteiger partial charge in [0.15, 0.2) is 5.78 Å². The highest BCUT2D eigenvalue weighted by Gasteiger charge is 2.18. The molecule has 0 atom stereocenters. The fraction of sp³-hybridized carbons (Fsp3) is 0.556. The first-order valence-electron chi connectivity index (χ1n) is 4.50. The number of ketones is 1. The van der Waals surface area contributed by atoms with Crippen molar-refractivity contribution in [3.63, 3.8) is 0 Å². The maximum Gasteiger partial charge on any atom is 0.230 e. The summed E-state index contributed by atoms with van der Waals surface area (Å²) in [6.07, 6.45) is 0.852. The fourth-order valence-electron chi connectivity index (χ4n) is 1.25.